The molecule has 0 fully saturated rings. The predicted molar refractivity (Wildman–Crippen MR) is 93.8 cm³/mol. The third kappa shape index (κ3) is 2.49. The summed E-state index contributed by atoms with van der Waals surface area (Å²) in [5.41, 5.74) is 2.29. The van der Waals surface area contributed by atoms with Crippen molar-refractivity contribution in [2.75, 3.05) is 0 Å². The van der Waals surface area contributed by atoms with Crippen molar-refractivity contribution in [2.45, 2.75) is 4.83 Å². The molecular formula is C17H11BrFI. The highest BCUT2D eigenvalue weighted by Gasteiger charge is 2.16. The van der Waals surface area contributed by atoms with E-state index < -0.39 is 0 Å². The number of benzene rings is 3. The minimum absolute atomic E-state index is 0.0566. The largest absolute Gasteiger partial charge is 0.206 e. The molecule has 0 spiro atoms. The molecule has 1 atom stereocenters. The van der Waals surface area contributed by atoms with Gasteiger partial charge >= 0.3 is 0 Å². The Labute approximate surface area is 139 Å². The smallest absolute Gasteiger partial charge is 0.131 e. The lowest BCUT2D eigenvalue weighted by Gasteiger charge is -2.15. The van der Waals surface area contributed by atoms with Crippen LogP contribution >= 0.6 is 38.5 Å². The molecule has 0 radical (unpaired) electrons. The highest BCUT2D eigenvalue weighted by Crippen LogP contribution is 2.37. The normalized spacial score (nSPS) is 12.6. The van der Waals surface area contributed by atoms with Crippen molar-refractivity contribution in [2.24, 2.45) is 0 Å². The van der Waals surface area contributed by atoms with Crippen molar-refractivity contribution in [3.8, 4) is 0 Å². The number of rotatable bonds is 2. The molecule has 0 nitrogen and oxygen atoms in total. The number of hydrogen-bond acceptors (Lipinski definition) is 0. The van der Waals surface area contributed by atoms with Gasteiger partial charge in [0.25, 0.3) is 0 Å². The standard InChI is InChI=1S/C17H11BrFI/c18-17(14-7-3-4-8-16(14)20)13-9-10-15(19)12-6-2-1-5-11(12)13/h1-10,17H. The summed E-state index contributed by atoms with van der Waals surface area (Å²) >= 11 is 6.09. The summed E-state index contributed by atoms with van der Waals surface area (Å²) in [7, 11) is 0. The van der Waals surface area contributed by atoms with Crippen molar-refractivity contribution in [1.29, 1.82) is 0 Å². The summed E-state index contributed by atoms with van der Waals surface area (Å²) in [4.78, 5) is 0.0566. The maximum Gasteiger partial charge on any atom is 0.131 e. The average Bonchev–Trinajstić information content (AvgIpc) is 2.48. The van der Waals surface area contributed by atoms with E-state index in [4.69, 9.17) is 0 Å². The fourth-order valence-corrected chi connectivity index (χ4v) is 4.28. The first-order valence-corrected chi connectivity index (χ1v) is 8.23. The highest BCUT2D eigenvalue weighted by molar-refractivity contribution is 14.1. The van der Waals surface area contributed by atoms with Gasteiger partial charge in [-0.05, 0) is 51.2 Å². The van der Waals surface area contributed by atoms with Crippen LogP contribution in [0.3, 0.4) is 0 Å². The van der Waals surface area contributed by atoms with Crippen LogP contribution in [0.15, 0.2) is 60.7 Å². The number of fused-ring (bicyclic) bond motifs is 1. The number of halogens is 3. The zero-order valence-electron chi connectivity index (χ0n) is 10.5. The molecule has 0 N–H and O–H groups in total. The van der Waals surface area contributed by atoms with Gasteiger partial charge in [0.15, 0.2) is 0 Å². The second-order valence-electron chi connectivity index (χ2n) is 4.57. The molecule has 3 aromatic rings. The second kappa shape index (κ2) is 5.82. The van der Waals surface area contributed by atoms with Crippen LogP contribution < -0.4 is 0 Å². The van der Waals surface area contributed by atoms with Gasteiger partial charge in [0, 0.05) is 8.96 Å². The Morgan fingerprint density at radius 1 is 0.800 bits per heavy atom. The molecule has 0 aliphatic heterocycles. The van der Waals surface area contributed by atoms with E-state index in [-0.39, 0.29) is 10.6 Å². The minimum Gasteiger partial charge on any atom is -0.206 e. The molecule has 0 heterocycles. The third-order valence-corrected chi connectivity index (χ3v) is 5.32. The molecule has 0 amide bonds. The molecule has 100 valence electrons. The van der Waals surface area contributed by atoms with Crippen LogP contribution in [0, 0.1) is 9.39 Å². The molecule has 3 heteroatoms. The van der Waals surface area contributed by atoms with Gasteiger partial charge in [-0.1, -0.05) is 64.5 Å². The molecule has 0 bridgehead atoms. The molecule has 1 unspecified atom stereocenters. The lowest BCUT2D eigenvalue weighted by Crippen LogP contribution is -1.97. The fraction of sp³-hybridized carbons (Fsp3) is 0.0588. The van der Waals surface area contributed by atoms with Crippen molar-refractivity contribution in [1.82, 2.24) is 0 Å². The molecule has 0 saturated carbocycles. The van der Waals surface area contributed by atoms with Gasteiger partial charge in [-0.2, -0.15) is 0 Å². The fourth-order valence-electron chi connectivity index (χ4n) is 2.35. The Morgan fingerprint density at radius 2 is 1.45 bits per heavy atom. The third-order valence-electron chi connectivity index (χ3n) is 3.36. The molecule has 0 saturated heterocycles. The van der Waals surface area contributed by atoms with E-state index in [0.29, 0.717) is 5.39 Å². The Bertz CT molecular complexity index is 770. The minimum atomic E-state index is -0.174. The van der Waals surface area contributed by atoms with E-state index in [1.807, 2.05) is 42.5 Å². The molecule has 3 rings (SSSR count). The van der Waals surface area contributed by atoms with Crippen LogP contribution in [-0.2, 0) is 0 Å². The Kier molecular flexibility index (Phi) is 4.08. The van der Waals surface area contributed by atoms with Crippen LogP contribution in [0.4, 0.5) is 4.39 Å². The predicted octanol–water partition coefficient (Wildman–Crippen LogP) is 6.07. The van der Waals surface area contributed by atoms with Gasteiger partial charge in [0.1, 0.15) is 5.82 Å². The van der Waals surface area contributed by atoms with E-state index in [1.54, 1.807) is 6.07 Å². The van der Waals surface area contributed by atoms with Crippen molar-refractivity contribution in [3.63, 3.8) is 0 Å². The molecule has 0 aliphatic carbocycles. The molecule has 3 aromatic carbocycles. The van der Waals surface area contributed by atoms with Crippen molar-refractivity contribution >= 4 is 49.3 Å². The van der Waals surface area contributed by atoms with Crippen molar-refractivity contribution in [3.05, 3.63) is 81.2 Å². The Morgan fingerprint density at radius 3 is 2.20 bits per heavy atom. The molecule has 0 aliphatic rings. The van der Waals surface area contributed by atoms with E-state index >= 15 is 0 Å². The van der Waals surface area contributed by atoms with Gasteiger partial charge in [-0.3, -0.25) is 0 Å². The molecule has 0 aromatic heterocycles. The summed E-state index contributed by atoms with van der Waals surface area (Å²) in [5.74, 6) is -0.174. The van der Waals surface area contributed by atoms with Gasteiger partial charge in [-0.15, -0.1) is 0 Å². The summed E-state index contributed by atoms with van der Waals surface area (Å²) in [6, 6.07) is 19.2. The first-order valence-electron chi connectivity index (χ1n) is 6.24. The lowest BCUT2D eigenvalue weighted by molar-refractivity contribution is 0.639. The highest BCUT2D eigenvalue weighted by atomic mass is 127. The number of hydrogen-bond donors (Lipinski definition) is 0. The molecule has 20 heavy (non-hydrogen) atoms. The maximum atomic E-state index is 13.9. The van der Waals surface area contributed by atoms with Gasteiger partial charge in [-0.25, -0.2) is 4.39 Å². The maximum absolute atomic E-state index is 13.9. The van der Waals surface area contributed by atoms with Crippen LogP contribution in [-0.4, -0.2) is 0 Å². The monoisotopic (exact) mass is 440 g/mol. The van der Waals surface area contributed by atoms with E-state index in [0.717, 1.165) is 10.9 Å². The first kappa shape index (κ1) is 14.0. The summed E-state index contributed by atoms with van der Waals surface area (Å²) in [6.07, 6.45) is 0. The summed E-state index contributed by atoms with van der Waals surface area (Å²) in [5, 5.41) is 1.62. The average molecular weight is 441 g/mol. The van der Waals surface area contributed by atoms with Gasteiger partial charge in [0.05, 0.1) is 4.83 Å². The van der Waals surface area contributed by atoms with E-state index in [2.05, 4.69) is 50.7 Å². The molecular weight excluding hydrogens is 430 g/mol. The van der Waals surface area contributed by atoms with E-state index in [9.17, 15) is 4.39 Å². The summed E-state index contributed by atoms with van der Waals surface area (Å²) < 4.78 is 15.1. The van der Waals surface area contributed by atoms with Crippen LogP contribution in [0.1, 0.15) is 16.0 Å². The quantitative estimate of drug-likeness (QED) is 0.335. The van der Waals surface area contributed by atoms with Crippen molar-refractivity contribution < 1.29 is 4.39 Å². The van der Waals surface area contributed by atoms with Gasteiger partial charge in [0.2, 0.25) is 0 Å². The summed E-state index contributed by atoms with van der Waals surface area (Å²) in [6.45, 7) is 0. The Balaban J connectivity index is 2.20. The second-order valence-corrected chi connectivity index (χ2v) is 6.64. The van der Waals surface area contributed by atoms with E-state index in [1.165, 1.54) is 9.13 Å². The Hall–Kier alpha value is -0.940. The van der Waals surface area contributed by atoms with Crippen LogP contribution in [0.25, 0.3) is 10.8 Å². The van der Waals surface area contributed by atoms with Crippen LogP contribution in [0.5, 0.6) is 0 Å². The SMILES string of the molecule is Fc1ccc(C(Br)c2ccccc2I)c2ccccc12. The number of alkyl halides is 1. The zero-order chi connectivity index (χ0) is 14.1. The van der Waals surface area contributed by atoms with Crippen LogP contribution in [0.2, 0.25) is 0 Å². The van der Waals surface area contributed by atoms with Gasteiger partial charge < -0.3 is 0 Å². The topological polar surface area (TPSA) is 0 Å². The zero-order valence-corrected chi connectivity index (χ0v) is 14.2. The first-order chi connectivity index (χ1) is 9.68. The lowest BCUT2D eigenvalue weighted by atomic mass is 9.98.